The van der Waals surface area contributed by atoms with Gasteiger partial charge in [0.05, 0.1) is 12.3 Å². The molecule has 3 heterocycles. The second kappa shape index (κ2) is 8.78. The molecule has 12 heteroatoms. The van der Waals surface area contributed by atoms with Gasteiger partial charge in [0.25, 0.3) is 5.91 Å². The average molecular weight is 433 g/mol. The summed E-state index contributed by atoms with van der Waals surface area (Å²) in [5.74, 6) is 2.17. The summed E-state index contributed by atoms with van der Waals surface area (Å²) in [5.41, 5.74) is 6.34. The number of rotatable bonds is 8. The molecule has 1 saturated carbocycles. The van der Waals surface area contributed by atoms with Crippen molar-refractivity contribution in [1.82, 2.24) is 29.9 Å². The number of carbonyl (C=O) groups excluding carboxylic acids is 2. The lowest BCUT2D eigenvalue weighted by Crippen LogP contribution is -2.19. The van der Waals surface area contributed by atoms with E-state index in [1.807, 2.05) is 0 Å². The maximum Gasteiger partial charge on any atom is 0.271 e. The Morgan fingerprint density at radius 3 is 2.81 bits per heavy atom. The predicted molar refractivity (Wildman–Crippen MR) is 113 cm³/mol. The highest BCUT2D eigenvalue weighted by atomic mass is 16.3. The number of nitrogens with two attached hydrogens (primary N) is 1. The Bertz CT molecular complexity index is 1230. The van der Waals surface area contributed by atoms with E-state index in [2.05, 4.69) is 41.8 Å². The SMILES string of the molecule is C#CCn1cnc(-c2ccnc(Nc3cc(NC(=O)C4CC4)nnc3C(N)=O)c2CO)n1. The summed E-state index contributed by atoms with van der Waals surface area (Å²) >= 11 is 0. The summed E-state index contributed by atoms with van der Waals surface area (Å²) in [4.78, 5) is 32.4. The van der Waals surface area contributed by atoms with Gasteiger partial charge in [-0.05, 0) is 18.9 Å². The zero-order valence-corrected chi connectivity index (χ0v) is 16.8. The number of aliphatic hydroxyl groups is 1. The van der Waals surface area contributed by atoms with Gasteiger partial charge in [0.1, 0.15) is 18.7 Å². The van der Waals surface area contributed by atoms with Crippen LogP contribution in [0.15, 0.2) is 24.7 Å². The van der Waals surface area contributed by atoms with Crippen LogP contribution >= 0.6 is 0 Å². The molecular formula is C20H19N9O3. The Labute approximate surface area is 182 Å². The van der Waals surface area contributed by atoms with Crippen molar-refractivity contribution in [2.75, 3.05) is 10.6 Å². The molecule has 0 saturated heterocycles. The number of nitrogens with zero attached hydrogens (tertiary/aromatic N) is 6. The van der Waals surface area contributed by atoms with Crippen molar-refractivity contribution in [3.8, 4) is 23.7 Å². The van der Waals surface area contributed by atoms with E-state index < -0.39 is 12.5 Å². The number of hydrogen-bond donors (Lipinski definition) is 4. The fraction of sp³-hybridized carbons (Fsp3) is 0.250. The molecule has 0 aliphatic heterocycles. The lowest BCUT2D eigenvalue weighted by atomic mass is 10.1. The van der Waals surface area contributed by atoms with Crippen LogP contribution in [0.5, 0.6) is 0 Å². The molecule has 0 unspecified atom stereocenters. The van der Waals surface area contributed by atoms with Crippen molar-refractivity contribution in [3.05, 3.63) is 35.9 Å². The van der Waals surface area contributed by atoms with E-state index in [-0.39, 0.29) is 41.4 Å². The third-order valence-corrected chi connectivity index (χ3v) is 4.72. The number of primary amides is 1. The molecule has 0 radical (unpaired) electrons. The van der Waals surface area contributed by atoms with Crippen molar-refractivity contribution >= 4 is 29.1 Å². The minimum absolute atomic E-state index is 0.0369. The second-order valence-electron chi connectivity index (χ2n) is 7.06. The van der Waals surface area contributed by atoms with Crippen molar-refractivity contribution in [3.63, 3.8) is 0 Å². The quantitative estimate of drug-likeness (QED) is 0.368. The first-order chi connectivity index (χ1) is 15.5. The lowest BCUT2D eigenvalue weighted by molar-refractivity contribution is -0.117. The van der Waals surface area contributed by atoms with Crippen LogP contribution in [0.1, 0.15) is 28.9 Å². The third kappa shape index (κ3) is 4.37. The zero-order valence-electron chi connectivity index (χ0n) is 16.8. The maximum absolute atomic E-state index is 12.0. The largest absolute Gasteiger partial charge is 0.392 e. The normalized spacial score (nSPS) is 12.8. The summed E-state index contributed by atoms with van der Waals surface area (Å²) in [6, 6.07) is 3.08. The molecule has 1 aliphatic rings. The van der Waals surface area contributed by atoms with Gasteiger partial charge in [0.15, 0.2) is 17.3 Å². The van der Waals surface area contributed by atoms with Crippen LogP contribution < -0.4 is 16.4 Å². The molecule has 1 fully saturated rings. The fourth-order valence-electron chi connectivity index (χ4n) is 2.99. The van der Waals surface area contributed by atoms with E-state index in [9.17, 15) is 14.7 Å². The van der Waals surface area contributed by atoms with E-state index in [0.717, 1.165) is 12.8 Å². The minimum Gasteiger partial charge on any atom is -0.392 e. The first-order valence-electron chi connectivity index (χ1n) is 9.67. The smallest absolute Gasteiger partial charge is 0.271 e. The third-order valence-electron chi connectivity index (χ3n) is 4.72. The number of anilines is 3. The molecule has 1 aliphatic carbocycles. The topological polar surface area (TPSA) is 174 Å². The van der Waals surface area contributed by atoms with Crippen LogP contribution in [-0.4, -0.2) is 46.9 Å². The van der Waals surface area contributed by atoms with E-state index in [0.29, 0.717) is 17.0 Å². The lowest BCUT2D eigenvalue weighted by Gasteiger charge is -2.14. The van der Waals surface area contributed by atoms with Crippen LogP contribution in [0.25, 0.3) is 11.4 Å². The van der Waals surface area contributed by atoms with Crippen molar-refractivity contribution < 1.29 is 14.7 Å². The van der Waals surface area contributed by atoms with Crippen molar-refractivity contribution in [1.29, 1.82) is 0 Å². The van der Waals surface area contributed by atoms with Gasteiger partial charge < -0.3 is 21.5 Å². The van der Waals surface area contributed by atoms with E-state index in [4.69, 9.17) is 12.2 Å². The Kier molecular flexibility index (Phi) is 5.73. The van der Waals surface area contributed by atoms with Crippen LogP contribution in [0.4, 0.5) is 17.3 Å². The summed E-state index contributed by atoms with van der Waals surface area (Å²) < 4.78 is 1.48. The van der Waals surface area contributed by atoms with Gasteiger partial charge >= 0.3 is 0 Å². The molecule has 5 N–H and O–H groups in total. The first-order valence-corrected chi connectivity index (χ1v) is 9.67. The fourth-order valence-corrected chi connectivity index (χ4v) is 2.99. The molecule has 0 atom stereocenters. The van der Waals surface area contributed by atoms with Gasteiger partial charge in [-0.1, -0.05) is 5.92 Å². The van der Waals surface area contributed by atoms with E-state index in [1.165, 1.54) is 23.3 Å². The summed E-state index contributed by atoms with van der Waals surface area (Å²) in [7, 11) is 0. The van der Waals surface area contributed by atoms with Gasteiger partial charge in [-0.3, -0.25) is 9.59 Å². The monoisotopic (exact) mass is 433 g/mol. The number of terminal acetylenes is 1. The number of amides is 2. The number of nitrogens with one attached hydrogen (secondary N) is 2. The highest BCUT2D eigenvalue weighted by Crippen LogP contribution is 2.31. The van der Waals surface area contributed by atoms with Crippen LogP contribution in [0.3, 0.4) is 0 Å². The van der Waals surface area contributed by atoms with Crippen LogP contribution in [0, 0.1) is 18.3 Å². The molecule has 162 valence electrons. The zero-order chi connectivity index (χ0) is 22.7. The maximum atomic E-state index is 12.0. The molecule has 0 spiro atoms. The highest BCUT2D eigenvalue weighted by Gasteiger charge is 2.30. The van der Waals surface area contributed by atoms with Crippen LogP contribution in [0.2, 0.25) is 0 Å². The van der Waals surface area contributed by atoms with E-state index in [1.54, 1.807) is 6.07 Å². The number of carbonyl (C=O) groups is 2. The molecule has 2 amide bonds. The van der Waals surface area contributed by atoms with Gasteiger partial charge in [-0.25, -0.2) is 14.6 Å². The van der Waals surface area contributed by atoms with Crippen molar-refractivity contribution in [2.45, 2.75) is 26.0 Å². The standard InChI is InChI=1S/C20H19N9O3/c1-2-7-29-10-23-19(28-29)12-5-6-22-18(13(12)9-30)24-14-8-15(25-20(32)11-3-4-11)26-27-16(14)17(21)31/h1,5-6,8,10-11,30H,3-4,7,9H2,(H2,21,31)(H2,22,24,25,26,32). The summed E-state index contributed by atoms with van der Waals surface area (Å²) in [6.07, 6.45) is 9.93. The first kappa shape index (κ1) is 20.9. The summed E-state index contributed by atoms with van der Waals surface area (Å²) in [5, 5.41) is 27.6. The number of aromatic nitrogens is 6. The van der Waals surface area contributed by atoms with Crippen LogP contribution in [-0.2, 0) is 17.9 Å². The van der Waals surface area contributed by atoms with Gasteiger partial charge in [-0.2, -0.15) is 5.10 Å². The second-order valence-corrected chi connectivity index (χ2v) is 7.06. The molecule has 3 aromatic rings. The van der Waals surface area contributed by atoms with Gasteiger partial charge in [0, 0.05) is 29.3 Å². The highest BCUT2D eigenvalue weighted by molar-refractivity contribution is 5.99. The molecule has 32 heavy (non-hydrogen) atoms. The number of aliphatic hydroxyl groups excluding tert-OH is 1. The predicted octanol–water partition coefficient (Wildman–Crippen LogP) is 0.447. The minimum atomic E-state index is -0.823. The Morgan fingerprint density at radius 1 is 1.31 bits per heavy atom. The molecule has 0 bridgehead atoms. The van der Waals surface area contributed by atoms with Crippen molar-refractivity contribution in [2.24, 2.45) is 11.7 Å². The van der Waals surface area contributed by atoms with E-state index >= 15 is 0 Å². The molecular weight excluding hydrogens is 414 g/mol. The Hall–Kier alpha value is -4.37. The molecule has 0 aromatic carbocycles. The summed E-state index contributed by atoms with van der Waals surface area (Å²) in [6.45, 7) is -0.150. The number of pyridine rings is 1. The Balaban J connectivity index is 1.68. The molecule has 12 nitrogen and oxygen atoms in total. The average Bonchev–Trinajstić information content (AvgIpc) is 3.53. The van der Waals surface area contributed by atoms with Gasteiger partial charge in [-0.15, -0.1) is 16.6 Å². The number of hydrogen-bond acceptors (Lipinski definition) is 9. The van der Waals surface area contributed by atoms with Gasteiger partial charge in [0.2, 0.25) is 5.91 Å². The Morgan fingerprint density at radius 2 is 2.12 bits per heavy atom. The molecule has 4 rings (SSSR count). The molecule has 3 aromatic heterocycles.